The molecule has 2 aromatic carbocycles. The first-order valence-electron chi connectivity index (χ1n) is 7.81. The second kappa shape index (κ2) is 7.32. The van der Waals surface area contributed by atoms with Crippen molar-refractivity contribution in [3.05, 3.63) is 74.4 Å². The van der Waals surface area contributed by atoms with E-state index in [1.165, 1.54) is 29.5 Å². The van der Waals surface area contributed by atoms with Crippen LogP contribution in [0.4, 0.5) is 11.4 Å². The van der Waals surface area contributed by atoms with Crippen LogP contribution in [0.25, 0.3) is 11.3 Å². The number of hydrogen-bond acceptors (Lipinski definition) is 5. The predicted molar refractivity (Wildman–Crippen MR) is 98.7 cm³/mol. The minimum atomic E-state index is -0.991. The lowest BCUT2D eigenvalue weighted by Gasteiger charge is -2.06. The van der Waals surface area contributed by atoms with Gasteiger partial charge in [0.15, 0.2) is 4.80 Å². The van der Waals surface area contributed by atoms with Crippen LogP contribution in [0.3, 0.4) is 0 Å². The fraction of sp³-hybridized carbons (Fsp3) is 0.111. The number of nitro groups is 1. The van der Waals surface area contributed by atoms with Crippen LogP contribution in [0, 0.1) is 10.1 Å². The molecule has 0 radical (unpaired) electrons. The predicted octanol–water partition coefficient (Wildman–Crippen LogP) is 4.08. The van der Waals surface area contributed by atoms with E-state index in [0.717, 1.165) is 5.69 Å². The normalized spacial score (nSPS) is 11.5. The van der Waals surface area contributed by atoms with Gasteiger partial charge in [-0.2, -0.15) is 0 Å². The smallest absolute Gasteiger partial charge is 0.335 e. The van der Waals surface area contributed by atoms with E-state index in [9.17, 15) is 14.9 Å². The Morgan fingerprint density at radius 3 is 2.54 bits per heavy atom. The zero-order valence-electron chi connectivity index (χ0n) is 13.8. The quantitative estimate of drug-likeness (QED) is 0.541. The monoisotopic (exact) mass is 369 g/mol. The van der Waals surface area contributed by atoms with Gasteiger partial charge in [0, 0.05) is 18.0 Å². The summed E-state index contributed by atoms with van der Waals surface area (Å²) in [5.74, 6) is -0.991. The molecular formula is C18H15N3O4S. The minimum Gasteiger partial charge on any atom is -0.478 e. The molecule has 1 N–H and O–H groups in total. The fourth-order valence-corrected chi connectivity index (χ4v) is 3.56. The number of benzene rings is 2. The third-order valence-corrected chi connectivity index (χ3v) is 4.69. The van der Waals surface area contributed by atoms with Crippen molar-refractivity contribution in [2.24, 2.45) is 4.99 Å². The molecule has 0 unspecified atom stereocenters. The van der Waals surface area contributed by atoms with E-state index in [1.54, 1.807) is 30.3 Å². The number of rotatable bonds is 5. The molecule has 8 heteroatoms. The highest BCUT2D eigenvalue weighted by atomic mass is 32.1. The summed E-state index contributed by atoms with van der Waals surface area (Å²) in [6.45, 7) is 2.54. The van der Waals surface area contributed by atoms with Crippen molar-refractivity contribution >= 4 is 28.7 Å². The number of hydrogen-bond donors (Lipinski definition) is 1. The van der Waals surface area contributed by atoms with Gasteiger partial charge in [-0.25, -0.2) is 9.79 Å². The molecule has 132 valence electrons. The van der Waals surface area contributed by atoms with Gasteiger partial charge < -0.3 is 9.67 Å². The Balaban J connectivity index is 2.09. The van der Waals surface area contributed by atoms with Crippen LogP contribution in [0.1, 0.15) is 17.3 Å². The van der Waals surface area contributed by atoms with Gasteiger partial charge in [-0.15, -0.1) is 11.3 Å². The zero-order valence-corrected chi connectivity index (χ0v) is 14.6. The molecule has 0 aliphatic heterocycles. The molecule has 0 spiro atoms. The molecule has 0 fully saturated rings. The first-order valence-corrected chi connectivity index (χ1v) is 8.69. The number of nitro benzene ring substituents is 1. The van der Waals surface area contributed by atoms with Gasteiger partial charge >= 0.3 is 5.97 Å². The van der Waals surface area contributed by atoms with Crippen LogP contribution in [0.15, 0.2) is 58.9 Å². The number of carboxylic acid groups (broad SMARTS) is 1. The Hall–Kier alpha value is -3.26. The maximum atomic E-state index is 11.3. The molecule has 0 aliphatic carbocycles. The Labute approximate surface area is 152 Å². The first-order chi connectivity index (χ1) is 12.5. The summed E-state index contributed by atoms with van der Waals surface area (Å²) < 4.78 is 1.90. The minimum absolute atomic E-state index is 0.0462. The maximum Gasteiger partial charge on any atom is 0.335 e. The number of aromatic carboxylic acids is 1. The second-order valence-corrected chi connectivity index (χ2v) is 6.22. The van der Waals surface area contributed by atoms with Gasteiger partial charge in [-0.1, -0.05) is 12.1 Å². The van der Waals surface area contributed by atoms with Crippen molar-refractivity contribution in [1.82, 2.24) is 4.57 Å². The Bertz CT molecular complexity index is 1040. The molecule has 3 rings (SSSR count). The molecule has 3 aromatic rings. The van der Waals surface area contributed by atoms with Gasteiger partial charge in [0.1, 0.15) is 0 Å². The third kappa shape index (κ3) is 3.40. The van der Waals surface area contributed by atoms with Crippen molar-refractivity contribution in [2.45, 2.75) is 13.5 Å². The highest BCUT2D eigenvalue weighted by molar-refractivity contribution is 7.07. The Morgan fingerprint density at radius 1 is 1.23 bits per heavy atom. The summed E-state index contributed by atoms with van der Waals surface area (Å²) >= 11 is 1.38. The zero-order chi connectivity index (χ0) is 18.7. The molecule has 0 atom stereocenters. The topological polar surface area (TPSA) is 97.7 Å². The van der Waals surface area contributed by atoms with Gasteiger partial charge in [0.2, 0.25) is 0 Å². The largest absolute Gasteiger partial charge is 0.478 e. The lowest BCUT2D eigenvalue weighted by molar-refractivity contribution is -0.384. The average molecular weight is 369 g/mol. The Morgan fingerprint density at radius 2 is 1.92 bits per heavy atom. The maximum absolute atomic E-state index is 11.3. The number of thiazole rings is 1. The molecule has 0 aliphatic rings. The van der Waals surface area contributed by atoms with E-state index < -0.39 is 10.9 Å². The summed E-state index contributed by atoms with van der Waals surface area (Å²) in [5, 5.41) is 22.1. The fourth-order valence-electron chi connectivity index (χ4n) is 2.58. The third-order valence-electron chi connectivity index (χ3n) is 3.83. The van der Waals surface area contributed by atoms with Crippen LogP contribution < -0.4 is 4.80 Å². The van der Waals surface area contributed by atoms with Crippen LogP contribution in [-0.4, -0.2) is 20.6 Å². The number of aromatic nitrogens is 1. The van der Waals surface area contributed by atoms with E-state index in [1.807, 2.05) is 16.9 Å². The van der Waals surface area contributed by atoms with E-state index in [-0.39, 0.29) is 11.3 Å². The molecule has 0 bridgehead atoms. The molecular weight excluding hydrogens is 354 g/mol. The van der Waals surface area contributed by atoms with E-state index in [4.69, 9.17) is 5.11 Å². The lowest BCUT2D eigenvalue weighted by Crippen LogP contribution is -2.14. The van der Waals surface area contributed by atoms with E-state index >= 15 is 0 Å². The second-order valence-electron chi connectivity index (χ2n) is 5.39. The highest BCUT2D eigenvalue weighted by Gasteiger charge is 2.17. The van der Waals surface area contributed by atoms with Gasteiger partial charge in [-0.05, 0) is 37.3 Å². The number of nitrogens with zero attached hydrogens (tertiary/aromatic N) is 3. The molecule has 1 heterocycles. The lowest BCUT2D eigenvalue weighted by atomic mass is 10.1. The molecule has 7 nitrogen and oxygen atoms in total. The number of para-hydroxylation sites is 1. The SMILES string of the molecule is CCn1c(-c2ccccc2[N+](=O)[O-])cs/c1=N\c1ccc(C(=O)O)cc1. The number of carbonyl (C=O) groups is 1. The molecule has 0 amide bonds. The summed E-state index contributed by atoms with van der Waals surface area (Å²) in [4.78, 5) is 27.1. The highest BCUT2D eigenvalue weighted by Crippen LogP contribution is 2.30. The first kappa shape index (κ1) is 17.6. The summed E-state index contributed by atoms with van der Waals surface area (Å²) in [6, 6.07) is 12.9. The molecule has 0 saturated carbocycles. The van der Waals surface area contributed by atoms with Crippen molar-refractivity contribution in [3.8, 4) is 11.3 Å². The van der Waals surface area contributed by atoms with Gasteiger partial charge in [0.05, 0.1) is 27.4 Å². The summed E-state index contributed by atoms with van der Waals surface area (Å²) in [5.41, 5.74) is 2.13. The van der Waals surface area contributed by atoms with Gasteiger partial charge in [0.25, 0.3) is 5.69 Å². The van der Waals surface area contributed by atoms with Crippen molar-refractivity contribution < 1.29 is 14.8 Å². The molecule has 26 heavy (non-hydrogen) atoms. The molecule has 1 aromatic heterocycles. The molecule has 0 saturated heterocycles. The van der Waals surface area contributed by atoms with Crippen LogP contribution in [0.5, 0.6) is 0 Å². The average Bonchev–Trinajstić information content (AvgIpc) is 3.04. The van der Waals surface area contributed by atoms with Crippen molar-refractivity contribution in [3.63, 3.8) is 0 Å². The summed E-state index contributed by atoms with van der Waals surface area (Å²) in [6.07, 6.45) is 0. The summed E-state index contributed by atoms with van der Waals surface area (Å²) in [7, 11) is 0. The van der Waals surface area contributed by atoms with Gasteiger partial charge in [-0.3, -0.25) is 10.1 Å². The van der Waals surface area contributed by atoms with E-state index in [2.05, 4.69) is 4.99 Å². The van der Waals surface area contributed by atoms with E-state index in [0.29, 0.717) is 22.6 Å². The Kier molecular flexibility index (Phi) is 4.94. The van der Waals surface area contributed by atoms with Crippen molar-refractivity contribution in [2.75, 3.05) is 0 Å². The standard InChI is InChI=1S/C18H15N3O4S/c1-2-20-16(14-5-3-4-6-15(14)21(24)25)11-26-18(20)19-13-9-7-12(8-10-13)17(22)23/h3-11H,2H2,1H3,(H,22,23)/b19-18-. The van der Waals surface area contributed by atoms with Crippen molar-refractivity contribution in [1.29, 1.82) is 0 Å². The van der Waals surface area contributed by atoms with Crippen LogP contribution in [0.2, 0.25) is 0 Å². The van der Waals surface area contributed by atoms with Crippen LogP contribution in [-0.2, 0) is 6.54 Å². The number of carboxylic acids is 1. The van der Waals surface area contributed by atoms with Crippen LogP contribution >= 0.6 is 11.3 Å².